The summed E-state index contributed by atoms with van der Waals surface area (Å²) in [6, 6.07) is 10.5. The van der Waals surface area contributed by atoms with Crippen LogP contribution in [0.1, 0.15) is 31.2 Å². The molecule has 0 aliphatic heterocycles. The number of hydrogen-bond donors (Lipinski definition) is 0. The molecule has 1 aromatic rings. The molecule has 0 aliphatic carbocycles. The third-order valence-electron chi connectivity index (χ3n) is 2.13. The lowest BCUT2D eigenvalue weighted by atomic mass is 10.1. The van der Waals surface area contributed by atoms with E-state index in [0.29, 0.717) is 0 Å². The van der Waals surface area contributed by atoms with Crippen LogP contribution in [0.25, 0.3) is 0 Å². The second-order valence-electron chi connectivity index (χ2n) is 3.40. The first kappa shape index (κ1) is 11.4. The summed E-state index contributed by atoms with van der Waals surface area (Å²) in [5, 5.41) is 0. The fourth-order valence-electron chi connectivity index (χ4n) is 1.34. The molecule has 0 bridgehead atoms. The fraction of sp³-hybridized carbons (Fsp3) is 0.333. The van der Waals surface area contributed by atoms with E-state index in [9.17, 15) is 0 Å². The smallest absolute Gasteiger partial charge is 0.0198 e. The first-order valence-electron chi connectivity index (χ1n) is 5.36. The molecule has 0 nitrogen and oxygen atoms in total. The van der Waals surface area contributed by atoms with Gasteiger partial charge in [-0.1, -0.05) is 30.3 Å². The van der Waals surface area contributed by atoms with Gasteiger partial charge in [-0.05, 0) is 18.4 Å². The molecule has 0 unspecified atom stereocenters. The predicted molar refractivity (Wildman–Crippen MR) is 65.2 cm³/mol. The van der Waals surface area contributed by atoms with Crippen LogP contribution in [-0.2, 0) is 6.42 Å². The summed E-state index contributed by atoms with van der Waals surface area (Å²) in [5.41, 5.74) is 1.39. The van der Waals surface area contributed by atoms with Crippen LogP contribution in [0.15, 0.2) is 30.3 Å². The Hall–Kier alpha value is -1.66. The van der Waals surface area contributed by atoms with Crippen molar-refractivity contribution in [1.82, 2.24) is 0 Å². The number of rotatable bonds is 4. The normalized spacial score (nSPS) is 8.73. The second kappa shape index (κ2) is 7.72. The molecule has 0 heterocycles. The number of unbranched alkanes of at least 4 members (excludes halogenated alkanes) is 2. The number of benzene rings is 1. The third-order valence-corrected chi connectivity index (χ3v) is 2.13. The number of terminal acetylenes is 1. The van der Waals surface area contributed by atoms with Crippen molar-refractivity contribution in [2.45, 2.75) is 32.1 Å². The van der Waals surface area contributed by atoms with Gasteiger partial charge in [0.25, 0.3) is 0 Å². The van der Waals surface area contributed by atoms with Crippen LogP contribution < -0.4 is 0 Å². The monoisotopic (exact) mass is 196 g/mol. The van der Waals surface area contributed by atoms with Crippen molar-refractivity contribution in [2.75, 3.05) is 0 Å². The lowest BCUT2D eigenvalue weighted by Crippen LogP contribution is -1.83. The zero-order valence-corrected chi connectivity index (χ0v) is 9.00. The summed E-state index contributed by atoms with van der Waals surface area (Å²) in [5.74, 6) is 8.81. The average molecular weight is 196 g/mol. The molecule has 1 aromatic carbocycles. The summed E-state index contributed by atoms with van der Waals surface area (Å²) < 4.78 is 0. The molecule has 0 saturated carbocycles. The minimum atomic E-state index is 0.770. The van der Waals surface area contributed by atoms with E-state index in [2.05, 4.69) is 42.0 Å². The van der Waals surface area contributed by atoms with E-state index >= 15 is 0 Å². The molecule has 0 spiro atoms. The molecule has 0 aromatic heterocycles. The van der Waals surface area contributed by atoms with Gasteiger partial charge < -0.3 is 0 Å². The number of hydrogen-bond acceptors (Lipinski definition) is 0. The summed E-state index contributed by atoms with van der Waals surface area (Å²) in [4.78, 5) is 0. The van der Waals surface area contributed by atoms with Crippen molar-refractivity contribution < 1.29 is 0 Å². The van der Waals surface area contributed by atoms with Crippen LogP contribution in [0.4, 0.5) is 0 Å². The molecular formula is C15H16. The molecule has 15 heavy (non-hydrogen) atoms. The van der Waals surface area contributed by atoms with Crippen LogP contribution in [0, 0.1) is 24.2 Å². The van der Waals surface area contributed by atoms with Gasteiger partial charge in [-0.15, -0.1) is 24.2 Å². The molecule has 0 aliphatic rings. The maximum absolute atomic E-state index is 5.13. The summed E-state index contributed by atoms with van der Waals surface area (Å²) in [7, 11) is 0. The Morgan fingerprint density at radius 1 is 0.933 bits per heavy atom. The van der Waals surface area contributed by atoms with Crippen molar-refractivity contribution in [3.63, 3.8) is 0 Å². The lowest BCUT2D eigenvalue weighted by Gasteiger charge is -1.96. The Morgan fingerprint density at radius 2 is 1.67 bits per heavy atom. The Morgan fingerprint density at radius 3 is 2.40 bits per heavy atom. The van der Waals surface area contributed by atoms with Gasteiger partial charge in [0.2, 0.25) is 0 Å². The molecule has 0 heteroatoms. The maximum atomic E-state index is 5.13. The highest BCUT2D eigenvalue weighted by Crippen LogP contribution is 2.03. The van der Waals surface area contributed by atoms with Gasteiger partial charge in [0, 0.05) is 19.3 Å². The van der Waals surface area contributed by atoms with Gasteiger partial charge in [-0.25, -0.2) is 0 Å². The molecular weight excluding hydrogens is 180 g/mol. The van der Waals surface area contributed by atoms with Gasteiger partial charge in [0.15, 0.2) is 0 Å². The Kier molecular flexibility index (Phi) is 5.87. The predicted octanol–water partition coefficient (Wildman–Crippen LogP) is 3.43. The highest BCUT2D eigenvalue weighted by molar-refractivity contribution is 5.14. The van der Waals surface area contributed by atoms with Crippen LogP contribution in [0.3, 0.4) is 0 Å². The van der Waals surface area contributed by atoms with E-state index in [4.69, 9.17) is 6.42 Å². The third kappa shape index (κ3) is 5.61. The number of aryl methyl sites for hydroxylation is 1. The molecule has 76 valence electrons. The van der Waals surface area contributed by atoms with E-state index in [0.717, 1.165) is 32.1 Å². The van der Waals surface area contributed by atoms with Crippen LogP contribution >= 0.6 is 0 Å². The molecule has 0 N–H and O–H groups in total. The summed E-state index contributed by atoms with van der Waals surface area (Å²) in [6.45, 7) is 0. The van der Waals surface area contributed by atoms with Crippen molar-refractivity contribution in [2.24, 2.45) is 0 Å². The van der Waals surface area contributed by atoms with E-state index < -0.39 is 0 Å². The molecule has 0 amide bonds. The molecule has 0 radical (unpaired) electrons. The van der Waals surface area contributed by atoms with E-state index in [1.807, 2.05) is 6.07 Å². The summed E-state index contributed by atoms with van der Waals surface area (Å²) in [6.07, 6.45) is 9.95. The molecule has 0 saturated heterocycles. The molecule has 1 rings (SSSR count). The highest BCUT2D eigenvalue weighted by Gasteiger charge is 1.89. The Labute approximate surface area is 92.7 Å². The standard InChI is InChI=1S/C15H16/c1-2-3-4-5-6-7-9-12-15-13-10-8-11-14-15/h1,8,10-11,13-14H,3-4,7,9,12H2. The van der Waals surface area contributed by atoms with E-state index in [1.165, 1.54) is 5.56 Å². The van der Waals surface area contributed by atoms with Gasteiger partial charge in [-0.3, -0.25) is 0 Å². The van der Waals surface area contributed by atoms with Crippen LogP contribution in [0.2, 0.25) is 0 Å². The van der Waals surface area contributed by atoms with Gasteiger partial charge >= 0.3 is 0 Å². The van der Waals surface area contributed by atoms with Crippen molar-refractivity contribution >= 4 is 0 Å². The van der Waals surface area contributed by atoms with Gasteiger partial charge in [0.1, 0.15) is 0 Å². The van der Waals surface area contributed by atoms with E-state index in [-0.39, 0.29) is 0 Å². The Balaban J connectivity index is 2.12. The van der Waals surface area contributed by atoms with Gasteiger partial charge in [0.05, 0.1) is 0 Å². The van der Waals surface area contributed by atoms with Crippen molar-refractivity contribution in [1.29, 1.82) is 0 Å². The Bertz CT molecular complexity index is 357. The molecule has 0 fully saturated rings. The molecule has 0 atom stereocenters. The fourth-order valence-corrected chi connectivity index (χ4v) is 1.34. The van der Waals surface area contributed by atoms with E-state index in [1.54, 1.807) is 0 Å². The maximum Gasteiger partial charge on any atom is 0.0198 e. The minimum Gasteiger partial charge on any atom is -0.120 e. The average Bonchev–Trinajstić information content (AvgIpc) is 2.29. The summed E-state index contributed by atoms with van der Waals surface area (Å²) >= 11 is 0. The first-order valence-corrected chi connectivity index (χ1v) is 5.36. The zero-order valence-electron chi connectivity index (χ0n) is 9.00. The highest BCUT2D eigenvalue weighted by atomic mass is 13.9. The second-order valence-corrected chi connectivity index (χ2v) is 3.40. The van der Waals surface area contributed by atoms with Crippen LogP contribution in [-0.4, -0.2) is 0 Å². The topological polar surface area (TPSA) is 0 Å². The minimum absolute atomic E-state index is 0.770. The van der Waals surface area contributed by atoms with Crippen molar-refractivity contribution in [3.8, 4) is 24.2 Å². The largest absolute Gasteiger partial charge is 0.120 e. The lowest BCUT2D eigenvalue weighted by molar-refractivity contribution is 0.856. The van der Waals surface area contributed by atoms with Crippen LogP contribution in [0.5, 0.6) is 0 Å². The SMILES string of the molecule is C#CCCC#CCCCc1ccccc1. The quantitative estimate of drug-likeness (QED) is 0.511. The zero-order chi connectivity index (χ0) is 10.8. The van der Waals surface area contributed by atoms with Gasteiger partial charge in [-0.2, -0.15) is 0 Å². The first-order chi connectivity index (χ1) is 7.43. The van der Waals surface area contributed by atoms with Crippen molar-refractivity contribution in [3.05, 3.63) is 35.9 Å².